The Morgan fingerprint density at radius 2 is 1.78 bits per heavy atom. The minimum absolute atomic E-state index is 0.0271. The number of aliphatic carboxylic acids is 2. The number of nitrogens with one attached hydrogen (secondary N) is 3. The number of nitrogens with zero attached hydrogens (tertiary/aromatic N) is 1. The van der Waals surface area contributed by atoms with Gasteiger partial charge in [-0.15, -0.1) is 0 Å². The van der Waals surface area contributed by atoms with Crippen molar-refractivity contribution in [1.29, 1.82) is 0 Å². The summed E-state index contributed by atoms with van der Waals surface area (Å²) in [5, 5.41) is 25.9. The van der Waals surface area contributed by atoms with Gasteiger partial charge in [0.2, 0.25) is 17.7 Å². The van der Waals surface area contributed by atoms with Gasteiger partial charge in [-0.2, -0.15) is 0 Å². The van der Waals surface area contributed by atoms with Crippen LogP contribution in [0, 0.1) is 5.92 Å². The third-order valence-corrected chi connectivity index (χ3v) is 6.41. The minimum Gasteiger partial charge on any atom is -0.481 e. The van der Waals surface area contributed by atoms with E-state index in [2.05, 4.69) is 16.0 Å². The van der Waals surface area contributed by atoms with Gasteiger partial charge in [0.05, 0.1) is 11.3 Å². The van der Waals surface area contributed by atoms with Crippen LogP contribution in [0.25, 0.3) is 0 Å². The van der Waals surface area contributed by atoms with Crippen molar-refractivity contribution in [1.82, 2.24) is 10.2 Å². The van der Waals surface area contributed by atoms with E-state index in [1.54, 1.807) is 0 Å². The lowest BCUT2D eigenvalue weighted by Crippen LogP contribution is -2.59. The summed E-state index contributed by atoms with van der Waals surface area (Å²) in [7, 11) is 0. The highest BCUT2D eigenvalue weighted by Gasteiger charge is 2.45. The van der Waals surface area contributed by atoms with E-state index in [-0.39, 0.29) is 29.5 Å². The molecule has 12 heteroatoms. The number of hydrogen-bond acceptors (Lipinski definition) is 6. The number of carboxylic acids is 2. The summed E-state index contributed by atoms with van der Waals surface area (Å²) in [6, 6.07) is 1.88. The molecule has 1 saturated carbocycles. The van der Waals surface area contributed by atoms with Crippen LogP contribution in [-0.2, 0) is 24.0 Å². The molecule has 2 atom stereocenters. The number of benzene rings is 1. The van der Waals surface area contributed by atoms with E-state index in [0.29, 0.717) is 18.5 Å². The lowest BCUT2D eigenvalue weighted by molar-refractivity contribution is -0.140. The number of hydrogen-bond donors (Lipinski definition) is 5. The van der Waals surface area contributed by atoms with E-state index in [9.17, 15) is 33.9 Å². The summed E-state index contributed by atoms with van der Waals surface area (Å²) in [6.45, 7) is 0.634. The second-order valence-corrected chi connectivity index (χ2v) is 9.05. The van der Waals surface area contributed by atoms with Crippen molar-refractivity contribution in [2.24, 2.45) is 5.92 Å². The molecule has 1 unspecified atom stereocenters. The number of fused-ring (bicyclic) bond motifs is 1. The lowest BCUT2D eigenvalue weighted by atomic mass is 9.81. The second kappa shape index (κ2) is 11.6. The Hall–Kier alpha value is -3.96. The Kier molecular flexibility index (Phi) is 8.62. The first-order valence-electron chi connectivity index (χ1n) is 11.8. The van der Waals surface area contributed by atoms with E-state index in [1.165, 1.54) is 25.1 Å². The molecule has 36 heavy (non-hydrogen) atoms. The molecule has 0 aromatic heterocycles. The van der Waals surface area contributed by atoms with Crippen molar-refractivity contribution in [3.05, 3.63) is 23.8 Å². The van der Waals surface area contributed by atoms with Crippen LogP contribution in [0.1, 0.15) is 62.2 Å². The smallest absolute Gasteiger partial charge is 0.322 e. The van der Waals surface area contributed by atoms with Gasteiger partial charge in [0.15, 0.2) is 0 Å². The Balaban J connectivity index is 2.11. The fourth-order valence-corrected chi connectivity index (χ4v) is 4.87. The maximum atomic E-state index is 14.0. The number of anilines is 2. The molecule has 4 amide bonds. The highest BCUT2D eigenvalue weighted by atomic mass is 16.4. The van der Waals surface area contributed by atoms with Crippen molar-refractivity contribution < 1.29 is 39.0 Å². The highest BCUT2D eigenvalue weighted by Crippen LogP contribution is 2.35. The predicted molar refractivity (Wildman–Crippen MR) is 127 cm³/mol. The van der Waals surface area contributed by atoms with Crippen LogP contribution in [0.2, 0.25) is 0 Å². The van der Waals surface area contributed by atoms with Crippen molar-refractivity contribution in [2.75, 3.05) is 17.2 Å². The Morgan fingerprint density at radius 3 is 2.39 bits per heavy atom. The van der Waals surface area contributed by atoms with Gasteiger partial charge in [-0.05, 0) is 43.4 Å². The maximum absolute atomic E-state index is 14.0. The van der Waals surface area contributed by atoms with Gasteiger partial charge in [-0.3, -0.25) is 28.8 Å². The van der Waals surface area contributed by atoms with Gasteiger partial charge in [0, 0.05) is 19.0 Å². The topological polar surface area (TPSA) is 182 Å². The zero-order chi connectivity index (χ0) is 26.4. The minimum atomic E-state index is -1.28. The summed E-state index contributed by atoms with van der Waals surface area (Å²) < 4.78 is 0. The average molecular weight is 503 g/mol. The molecule has 5 N–H and O–H groups in total. The SMILES string of the molecule is CC(=O)Nc1ccc2c(c1)C(=O)N(C(C(=O)NCC(=O)O)C1CCCCC1)[C@@H](CCC(=O)O)C(=O)N2. The Labute approximate surface area is 207 Å². The molecule has 194 valence electrons. The summed E-state index contributed by atoms with van der Waals surface area (Å²) in [5.74, 6) is -5.21. The van der Waals surface area contributed by atoms with E-state index >= 15 is 0 Å². The van der Waals surface area contributed by atoms with E-state index in [0.717, 1.165) is 24.2 Å². The van der Waals surface area contributed by atoms with Crippen LogP contribution >= 0.6 is 0 Å². The normalized spacial score (nSPS) is 18.9. The molecule has 0 spiro atoms. The van der Waals surface area contributed by atoms with Gasteiger partial charge in [-0.1, -0.05) is 19.3 Å². The molecule has 2 aliphatic rings. The van der Waals surface area contributed by atoms with Crippen LogP contribution in [0.3, 0.4) is 0 Å². The zero-order valence-corrected chi connectivity index (χ0v) is 19.9. The molecular formula is C24H30N4O8. The van der Waals surface area contributed by atoms with Crippen LogP contribution in [0.5, 0.6) is 0 Å². The second-order valence-electron chi connectivity index (χ2n) is 9.05. The molecule has 0 bridgehead atoms. The molecule has 1 heterocycles. The number of carbonyl (C=O) groups is 6. The van der Waals surface area contributed by atoms with Crippen LogP contribution in [0.15, 0.2) is 18.2 Å². The van der Waals surface area contributed by atoms with Crippen LogP contribution < -0.4 is 16.0 Å². The monoisotopic (exact) mass is 502 g/mol. The van der Waals surface area contributed by atoms with E-state index in [1.807, 2.05) is 0 Å². The number of rotatable bonds is 9. The summed E-state index contributed by atoms with van der Waals surface area (Å²) in [5.41, 5.74) is 0.492. The molecule has 12 nitrogen and oxygen atoms in total. The summed E-state index contributed by atoms with van der Waals surface area (Å²) >= 11 is 0. The summed E-state index contributed by atoms with van der Waals surface area (Å²) in [4.78, 5) is 75.8. The van der Waals surface area contributed by atoms with Crippen molar-refractivity contribution in [2.45, 2.75) is 64.0 Å². The Morgan fingerprint density at radius 1 is 1.08 bits per heavy atom. The fourth-order valence-electron chi connectivity index (χ4n) is 4.87. The number of carboxylic acid groups (broad SMARTS) is 2. The fraction of sp³-hybridized carbons (Fsp3) is 0.500. The highest BCUT2D eigenvalue weighted by molar-refractivity contribution is 6.12. The standard InChI is InChI=1S/C24H30N4O8/c1-13(29)26-15-7-8-17-16(11-15)24(36)28(18(22(34)27-17)9-10-19(30)31)21(14-5-3-2-4-6-14)23(35)25-12-20(32)33/h7-8,11,14,18,21H,2-6,9-10,12H2,1H3,(H,25,35)(H,26,29)(H,27,34)(H,30,31)(H,32,33)/t18-,21?/m0/s1. The molecule has 1 aliphatic carbocycles. The largest absolute Gasteiger partial charge is 0.481 e. The molecule has 1 aliphatic heterocycles. The van der Waals surface area contributed by atoms with Crippen LogP contribution in [0.4, 0.5) is 11.4 Å². The van der Waals surface area contributed by atoms with Crippen molar-refractivity contribution in [3.63, 3.8) is 0 Å². The van der Waals surface area contributed by atoms with Gasteiger partial charge in [0.25, 0.3) is 5.91 Å². The van der Waals surface area contributed by atoms with E-state index < -0.39 is 54.7 Å². The van der Waals surface area contributed by atoms with Crippen LogP contribution in [-0.4, -0.2) is 69.3 Å². The molecule has 1 fully saturated rings. The lowest BCUT2D eigenvalue weighted by Gasteiger charge is -2.40. The third-order valence-electron chi connectivity index (χ3n) is 6.41. The first kappa shape index (κ1) is 26.6. The van der Waals surface area contributed by atoms with Gasteiger partial charge < -0.3 is 31.1 Å². The molecule has 0 radical (unpaired) electrons. The van der Waals surface area contributed by atoms with Gasteiger partial charge in [0.1, 0.15) is 18.6 Å². The van der Waals surface area contributed by atoms with Crippen molar-refractivity contribution >= 4 is 46.9 Å². The number of carbonyl (C=O) groups excluding carboxylic acids is 4. The molecule has 1 aromatic carbocycles. The molecular weight excluding hydrogens is 472 g/mol. The van der Waals surface area contributed by atoms with E-state index in [4.69, 9.17) is 5.11 Å². The number of amides is 4. The first-order valence-corrected chi connectivity index (χ1v) is 11.8. The maximum Gasteiger partial charge on any atom is 0.322 e. The van der Waals surface area contributed by atoms with Gasteiger partial charge >= 0.3 is 11.9 Å². The Bertz CT molecular complexity index is 1070. The molecule has 1 aromatic rings. The first-order chi connectivity index (χ1) is 17.1. The van der Waals surface area contributed by atoms with Crippen molar-refractivity contribution in [3.8, 4) is 0 Å². The molecule has 0 saturated heterocycles. The predicted octanol–water partition coefficient (Wildman–Crippen LogP) is 1.42. The zero-order valence-electron chi connectivity index (χ0n) is 19.9. The molecule has 3 rings (SSSR count). The van der Waals surface area contributed by atoms with Gasteiger partial charge in [-0.25, -0.2) is 0 Å². The average Bonchev–Trinajstić information content (AvgIpc) is 2.91. The third kappa shape index (κ3) is 6.37. The quantitative estimate of drug-likeness (QED) is 0.336. The summed E-state index contributed by atoms with van der Waals surface area (Å²) in [6.07, 6.45) is 3.04.